The number of fused-ring (bicyclic) bond motifs is 1. The lowest BCUT2D eigenvalue weighted by molar-refractivity contribution is -0.116. The van der Waals surface area contributed by atoms with E-state index in [0.29, 0.717) is 15.9 Å². The van der Waals surface area contributed by atoms with Gasteiger partial charge in [0.1, 0.15) is 22.5 Å². The molecule has 0 atom stereocenters. The number of para-hydroxylation sites is 1. The van der Waals surface area contributed by atoms with Crippen molar-refractivity contribution in [2.24, 2.45) is 0 Å². The average Bonchev–Trinajstić information content (AvgIpc) is 3.17. The highest BCUT2D eigenvalue weighted by atomic mass is 32.1. The van der Waals surface area contributed by atoms with Gasteiger partial charge in [-0.25, -0.2) is 4.98 Å². The predicted molar refractivity (Wildman–Crippen MR) is 116 cm³/mol. The summed E-state index contributed by atoms with van der Waals surface area (Å²) in [6.45, 7) is 3.90. The number of amides is 1. The zero-order chi connectivity index (χ0) is 20.4. The third-order valence-corrected chi connectivity index (χ3v) is 5.64. The molecule has 146 valence electrons. The van der Waals surface area contributed by atoms with Crippen LogP contribution in [0.3, 0.4) is 0 Å². The van der Waals surface area contributed by atoms with Crippen LogP contribution < -0.4 is 10.9 Å². The summed E-state index contributed by atoms with van der Waals surface area (Å²) < 4.78 is 6.19. The van der Waals surface area contributed by atoms with Crippen LogP contribution in [0.5, 0.6) is 0 Å². The van der Waals surface area contributed by atoms with Crippen LogP contribution in [-0.4, -0.2) is 19.8 Å². The number of anilines is 1. The van der Waals surface area contributed by atoms with E-state index >= 15 is 0 Å². The lowest BCUT2D eigenvalue weighted by atomic mass is 10.1. The number of carbonyl (C=O) groups excluding carboxylic acids is 1. The highest BCUT2D eigenvalue weighted by Gasteiger charge is 2.16. The van der Waals surface area contributed by atoms with Crippen molar-refractivity contribution >= 4 is 33.3 Å². The number of aromatic nitrogens is 3. The molecule has 4 rings (SSSR count). The van der Waals surface area contributed by atoms with Gasteiger partial charge in [-0.15, -0.1) is 0 Å². The Balaban J connectivity index is 1.62. The van der Waals surface area contributed by atoms with Crippen LogP contribution in [0.1, 0.15) is 18.1 Å². The van der Waals surface area contributed by atoms with Gasteiger partial charge in [-0.05, 0) is 36.0 Å². The molecule has 0 radical (unpaired) electrons. The third kappa shape index (κ3) is 3.69. The van der Waals surface area contributed by atoms with Crippen molar-refractivity contribution in [3.8, 4) is 11.3 Å². The molecule has 0 aliphatic rings. The third-order valence-electron chi connectivity index (χ3n) is 4.81. The maximum atomic E-state index is 12.9. The molecular weight excluding hydrogens is 384 g/mol. The molecule has 2 aromatic carbocycles. The van der Waals surface area contributed by atoms with Crippen LogP contribution in [0.15, 0.2) is 59.7 Å². The monoisotopic (exact) mass is 404 g/mol. The maximum Gasteiger partial charge on any atom is 0.273 e. The molecule has 6 nitrogen and oxygen atoms in total. The molecule has 7 heteroatoms. The Morgan fingerprint density at radius 3 is 2.69 bits per heavy atom. The van der Waals surface area contributed by atoms with Gasteiger partial charge in [0.2, 0.25) is 5.91 Å². The Labute approximate surface area is 172 Å². The number of hydrogen-bond acceptors (Lipinski definition) is 5. The molecule has 1 amide bonds. The Kier molecular flexibility index (Phi) is 5.22. The van der Waals surface area contributed by atoms with Gasteiger partial charge in [-0.2, -0.15) is 4.37 Å². The minimum absolute atomic E-state index is 0.0994. The molecule has 0 bridgehead atoms. The van der Waals surface area contributed by atoms with E-state index in [1.165, 1.54) is 10.9 Å². The zero-order valence-electron chi connectivity index (χ0n) is 16.2. The molecule has 4 aromatic rings. The maximum absolute atomic E-state index is 12.9. The van der Waals surface area contributed by atoms with E-state index in [0.717, 1.165) is 40.3 Å². The molecule has 0 unspecified atom stereocenters. The van der Waals surface area contributed by atoms with Gasteiger partial charge in [0.15, 0.2) is 0 Å². The van der Waals surface area contributed by atoms with E-state index in [1.54, 1.807) is 0 Å². The SMILES string of the molecule is CCc1cccc(C)c1NC(=O)Cn1cnc2c(-c3ccccc3)nsc2c1=O. The molecule has 0 saturated heterocycles. The largest absolute Gasteiger partial charge is 0.324 e. The first-order valence-electron chi connectivity index (χ1n) is 9.37. The number of carbonyl (C=O) groups is 1. The predicted octanol–water partition coefficient (Wildman–Crippen LogP) is 4.03. The first kappa shape index (κ1) is 19.0. The Morgan fingerprint density at radius 2 is 1.93 bits per heavy atom. The molecule has 0 aliphatic carbocycles. The standard InChI is InChI=1S/C22H20N4O2S/c1-3-15-11-7-8-14(2)18(15)24-17(27)12-26-13-23-20-19(16-9-5-4-6-10-16)25-29-21(20)22(26)28/h4-11,13H,3,12H2,1-2H3,(H,24,27). The summed E-state index contributed by atoms with van der Waals surface area (Å²) in [5, 5.41) is 2.95. The van der Waals surface area contributed by atoms with E-state index in [-0.39, 0.29) is 18.0 Å². The lowest BCUT2D eigenvalue weighted by Crippen LogP contribution is -2.28. The summed E-state index contributed by atoms with van der Waals surface area (Å²) in [6, 6.07) is 15.5. The van der Waals surface area contributed by atoms with Crippen LogP contribution in [0, 0.1) is 6.92 Å². The van der Waals surface area contributed by atoms with E-state index in [9.17, 15) is 9.59 Å². The smallest absolute Gasteiger partial charge is 0.273 e. The molecule has 2 heterocycles. The summed E-state index contributed by atoms with van der Waals surface area (Å²) in [7, 11) is 0. The number of nitrogens with zero attached hydrogens (tertiary/aromatic N) is 3. The van der Waals surface area contributed by atoms with Crippen molar-refractivity contribution in [2.45, 2.75) is 26.8 Å². The first-order chi connectivity index (χ1) is 14.1. The van der Waals surface area contributed by atoms with Crippen molar-refractivity contribution in [3.63, 3.8) is 0 Å². The van der Waals surface area contributed by atoms with Crippen molar-refractivity contribution in [1.82, 2.24) is 13.9 Å². The van der Waals surface area contributed by atoms with Crippen molar-refractivity contribution in [1.29, 1.82) is 0 Å². The van der Waals surface area contributed by atoms with Crippen molar-refractivity contribution in [2.75, 3.05) is 5.32 Å². The highest BCUT2D eigenvalue weighted by Crippen LogP contribution is 2.27. The molecule has 0 fully saturated rings. The molecule has 0 spiro atoms. The zero-order valence-corrected chi connectivity index (χ0v) is 17.0. The minimum Gasteiger partial charge on any atom is -0.324 e. The lowest BCUT2D eigenvalue weighted by Gasteiger charge is -2.13. The summed E-state index contributed by atoms with van der Waals surface area (Å²) in [5.74, 6) is -0.259. The number of benzene rings is 2. The van der Waals surface area contributed by atoms with Gasteiger partial charge >= 0.3 is 0 Å². The average molecular weight is 404 g/mol. The molecule has 0 aliphatic heterocycles. The van der Waals surface area contributed by atoms with Crippen molar-refractivity contribution in [3.05, 3.63) is 76.3 Å². The first-order valence-corrected chi connectivity index (χ1v) is 10.1. The fourth-order valence-corrected chi connectivity index (χ4v) is 4.10. The van der Waals surface area contributed by atoms with E-state index in [1.807, 2.05) is 62.4 Å². The van der Waals surface area contributed by atoms with E-state index in [2.05, 4.69) is 14.7 Å². The second-order valence-electron chi connectivity index (χ2n) is 6.76. The Bertz CT molecular complexity index is 1240. The second-order valence-corrected chi connectivity index (χ2v) is 7.54. The highest BCUT2D eigenvalue weighted by molar-refractivity contribution is 7.13. The molecule has 0 saturated carbocycles. The molecule has 29 heavy (non-hydrogen) atoms. The van der Waals surface area contributed by atoms with Gasteiger partial charge < -0.3 is 5.32 Å². The van der Waals surface area contributed by atoms with Gasteiger partial charge in [-0.3, -0.25) is 14.2 Å². The van der Waals surface area contributed by atoms with Gasteiger partial charge in [0.25, 0.3) is 5.56 Å². The van der Waals surface area contributed by atoms with Gasteiger partial charge in [0, 0.05) is 11.3 Å². The van der Waals surface area contributed by atoms with Crippen LogP contribution in [0.25, 0.3) is 21.5 Å². The normalized spacial score (nSPS) is 11.0. The number of aryl methyl sites for hydroxylation is 2. The number of hydrogen-bond donors (Lipinski definition) is 1. The molecule has 2 aromatic heterocycles. The minimum atomic E-state index is -0.259. The Morgan fingerprint density at radius 1 is 1.14 bits per heavy atom. The fraction of sp³-hybridized carbons (Fsp3) is 0.182. The molecular formula is C22H20N4O2S. The van der Waals surface area contributed by atoms with Gasteiger partial charge in [-0.1, -0.05) is 55.5 Å². The van der Waals surface area contributed by atoms with Crippen molar-refractivity contribution < 1.29 is 4.79 Å². The quantitative estimate of drug-likeness (QED) is 0.545. The van der Waals surface area contributed by atoms with E-state index in [4.69, 9.17) is 0 Å². The summed E-state index contributed by atoms with van der Waals surface area (Å²) in [4.78, 5) is 29.9. The van der Waals surface area contributed by atoms with Crippen LogP contribution in [-0.2, 0) is 17.8 Å². The van der Waals surface area contributed by atoms with Gasteiger partial charge in [0.05, 0.1) is 6.33 Å². The second kappa shape index (κ2) is 7.97. The van der Waals surface area contributed by atoms with Crippen LogP contribution in [0.4, 0.5) is 5.69 Å². The summed E-state index contributed by atoms with van der Waals surface area (Å²) >= 11 is 1.11. The molecule has 1 N–H and O–H groups in total. The summed E-state index contributed by atoms with van der Waals surface area (Å²) in [6.07, 6.45) is 2.23. The van der Waals surface area contributed by atoms with Crippen LogP contribution >= 0.6 is 11.5 Å². The summed E-state index contributed by atoms with van der Waals surface area (Å²) in [5.41, 5.74) is 4.77. The topological polar surface area (TPSA) is 76.9 Å². The van der Waals surface area contributed by atoms with E-state index < -0.39 is 0 Å². The number of nitrogens with one attached hydrogen (secondary N) is 1. The van der Waals surface area contributed by atoms with Crippen LogP contribution in [0.2, 0.25) is 0 Å². The fourth-order valence-electron chi connectivity index (χ4n) is 3.29. The Hall–Kier alpha value is -3.32. The number of rotatable bonds is 5.